The second-order valence-electron chi connectivity index (χ2n) is 5.38. The number of urea groups is 1. The van der Waals surface area contributed by atoms with Crippen LogP contribution in [0.1, 0.15) is 13.3 Å². The summed E-state index contributed by atoms with van der Waals surface area (Å²) < 4.78 is 22.7. The Morgan fingerprint density at radius 1 is 1.26 bits per heavy atom. The summed E-state index contributed by atoms with van der Waals surface area (Å²) in [6.07, 6.45) is 0.673. The topological polar surface area (TPSA) is 69.7 Å². The van der Waals surface area contributed by atoms with Gasteiger partial charge in [0.05, 0.1) is 11.5 Å². The molecule has 19 heavy (non-hydrogen) atoms. The number of amides is 2. The number of hydrogen-bond donors (Lipinski definition) is 1. The molecule has 0 aromatic heterocycles. The summed E-state index contributed by atoms with van der Waals surface area (Å²) in [5, 5.41) is 2.87. The summed E-state index contributed by atoms with van der Waals surface area (Å²) in [5.74, 6) is 0.574. The molecule has 2 heterocycles. The summed E-state index contributed by atoms with van der Waals surface area (Å²) in [6, 6.07) is -0.0555. The molecule has 1 atom stereocenters. The van der Waals surface area contributed by atoms with E-state index >= 15 is 0 Å². The van der Waals surface area contributed by atoms with Gasteiger partial charge in [-0.25, -0.2) is 13.2 Å². The molecular weight excluding hydrogens is 266 g/mol. The minimum Gasteiger partial charge on any atom is -0.338 e. The molecule has 0 bridgehead atoms. The van der Waals surface area contributed by atoms with Crippen molar-refractivity contribution in [1.29, 1.82) is 0 Å². The molecule has 0 spiro atoms. The minimum absolute atomic E-state index is 0.0555. The van der Waals surface area contributed by atoms with Crippen molar-refractivity contribution < 1.29 is 13.2 Å². The molecule has 1 N–H and O–H groups in total. The highest BCUT2D eigenvalue weighted by atomic mass is 32.2. The number of sulfone groups is 1. The molecular formula is C12H23N3O3S. The summed E-state index contributed by atoms with van der Waals surface area (Å²) in [7, 11) is -2.85. The molecule has 2 amide bonds. The Bertz CT molecular complexity index is 416. The quantitative estimate of drug-likeness (QED) is 0.779. The lowest BCUT2D eigenvalue weighted by Crippen LogP contribution is -2.52. The van der Waals surface area contributed by atoms with Crippen molar-refractivity contribution in [3.63, 3.8) is 0 Å². The summed E-state index contributed by atoms with van der Waals surface area (Å²) in [6.45, 7) is 6.96. The highest BCUT2D eigenvalue weighted by molar-refractivity contribution is 7.91. The van der Waals surface area contributed by atoms with Crippen LogP contribution < -0.4 is 5.32 Å². The normalized spacial score (nSPS) is 27.4. The van der Waals surface area contributed by atoms with Crippen LogP contribution in [0, 0.1) is 5.92 Å². The van der Waals surface area contributed by atoms with E-state index in [1.54, 1.807) is 0 Å². The average molecular weight is 289 g/mol. The zero-order chi connectivity index (χ0) is 13.9. The number of carbonyl (C=O) groups is 1. The lowest BCUT2D eigenvalue weighted by Gasteiger charge is -2.34. The smallest absolute Gasteiger partial charge is 0.317 e. The van der Waals surface area contributed by atoms with Gasteiger partial charge in [-0.15, -0.1) is 0 Å². The maximum absolute atomic E-state index is 12.0. The number of likely N-dealkylation sites (N-methyl/N-ethyl adjacent to an activating group) is 1. The van der Waals surface area contributed by atoms with Crippen LogP contribution in [-0.2, 0) is 9.84 Å². The van der Waals surface area contributed by atoms with Crippen molar-refractivity contribution in [2.24, 2.45) is 5.92 Å². The van der Waals surface area contributed by atoms with E-state index in [4.69, 9.17) is 0 Å². The standard InChI is InChI=1S/C12H23N3O3S/c1-2-14-4-6-15(7-5-14)12(16)13-9-11-3-8-19(17,18)10-11/h11H,2-10H2,1H3,(H,13,16). The van der Waals surface area contributed by atoms with E-state index in [0.717, 1.165) is 32.7 Å². The molecule has 6 nitrogen and oxygen atoms in total. The van der Waals surface area contributed by atoms with Gasteiger partial charge in [0.15, 0.2) is 9.84 Å². The SMILES string of the molecule is CCN1CCN(C(=O)NCC2CCS(=O)(=O)C2)CC1. The maximum atomic E-state index is 12.0. The van der Waals surface area contributed by atoms with Crippen LogP contribution in [0.2, 0.25) is 0 Å². The van der Waals surface area contributed by atoms with Crippen molar-refractivity contribution in [2.75, 3.05) is 50.8 Å². The molecule has 2 aliphatic rings. The predicted molar refractivity (Wildman–Crippen MR) is 73.8 cm³/mol. The van der Waals surface area contributed by atoms with Crippen molar-refractivity contribution >= 4 is 15.9 Å². The fraction of sp³-hybridized carbons (Fsp3) is 0.917. The Hall–Kier alpha value is -0.820. The third-order valence-corrected chi connectivity index (χ3v) is 5.81. The third-order valence-electron chi connectivity index (χ3n) is 3.98. The van der Waals surface area contributed by atoms with Crippen molar-refractivity contribution in [1.82, 2.24) is 15.1 Å². The van der Waals surface area contributed by atoms with Crippen molar-refractivity contribution in [3.05, 3.63) is 0 Å². The van der Waals surface area contributed by atoms with E-state index in [1.807, 2.05) is 4.90 Å². The summed E-state index contributed by atoms with van der Waals surface area (Å²) in [4.78, 5) is 16.1. The number of nitrogens with one attached hydrogen (secondary N) is 1. The van der Waals surface area contributed by atoms with Gasteiger partial charge in [0.1, 0.15) is 0 Å². The maximum Gasteiger partial charge on any atom is 0.317 e. The largest absolute Gasteiger partial charge is 0.338 e. The molecule has 0 saturated carbocycles. The Morgan fingerprint density at radius 2 is 1.95 bits per heavy atom. The van der Waals surface area contributed by atoms with Gasteiger partial charge in [-0.2, -0.15) is 0 Å². The molecule has 0 aromatic rings. The van der Waals surface area contributed by atoms with Gasteiger partial charge >= 0.3 is 6.03 Å². The Kier molecular flexibility index (Phi) is 4.67. The highest BCUT2D eigenvalue weighted by Gasteiger charge is 2.28. The first-order valence-electron chi connectivity index (χ1n) is 6.95. The van der Waals surface area contributed by atoms with Gasteiger partial charge in [0.25, 0.3) is 0 Å². The molecule has 2 rings (SSSR count). The molecule has 0 aliphatic carbocycles. The minimum atomic E-state index is -2.85. The second-order valence-corrected chi connectivity index (χ2v) is 7.61. The summed E-state index contributed by atoms with van der Waals surface area (Å²) in [5.41, 5.74) is 0. The van der Waals surface area contributed by atoms with Crippen LogP contribution in [0.3, 0.4) is 0 Å². The average Bonchev–Trinajstić information content (AvgIpc) is 2.76. The summed E-state index contributed by atoms with van der Waals surface area (Å²) >= 11 is 0. The Balaban J connectivity index is 1.71. The predicted octanol–water partition coefficient (Wildman–Crippen LogP) is -0.232. The first kappa shape index (κ1) is 14.6. The van der Waals surface area contributed by atoms with E-state index in [-0.39, 0.29) is 23.5 Å². The zero-order valence-electron chi connectivity index (χ0n) is 11.5. The Labute approximate surface area is 115 Å². The molecule has 7 heteroatoms. The molecule has 110 valence electrons. The van der Waals surface area contributed by atoms with Gasteiger partial charge in [0.2, 0.25) is 0 Å². The number of carbonyl (C=O) groups excluding carboxylic acids is 1. The van der Waals surface area contributed by atoms with E-state index in [9.17, 15) is 13.2 Å². The van der Waals surface area contributed by atoms with Gasteiger partial charge in [-0.1, -0.05) is 6.92 Å². The molecule has 1 unspecified atom stereocenters. The lowest BCUT2D eigenvalue weighted by atomic mass is 10.1. The molecule has 0 aromatic carbocycles. The zero-order valence-corrected chi connectivity index (χ0v) is 12.3. The van der Waals surface area contributed by atoms with Crippen LogP contribution in [0.25, 0.3) is 0 Å². The van der Waals surface area contributed by atoms with Gasteiger partial charge in [-0.05, 0) is 18.9 Å². The first-order valence-corrected chi connectivity index (χ1v) is 8.78. The first-order chi connectivity index (χ1) is 9.00. The van der Waals surface area contributed by atoms with Crippen molar-refractivity contribution in [3.8, 4) is 0 Å². The van der Waals surface area contributed by atoms with Crippen LogP contribution in [0.5, 0.6) is 0 Å². The van der Waals surface area contributed by atoms with Crippen LogP contribution in [0.4, 0.5) is 4.79 Å². The monoisotopic (exact) mass is 289 g/mol. The van der Waals surface area contributed by atoms with E-state index in [1.165, 1.54) is 0 Å². The van der Waals surface area contributed by atoms with Gasteiger partial charge < -0.3 is 15.1 Å². The van der Waals surface area contributed by atoms with Crippen molar-refractivity contribution in [2.45, 2.75) is 13.3 Å². The lowest BCUT2D eigenvalue weighted by molar-refractivity contribution is 0.142. The van der Waals surface area contributed by atoms with E-state index < -0.39 is 9.84 Å². The number of rotatable bonds is 3. The number of piperazine rings is 1. The van der Waals surface area contributed by atoms with Gasteiger partial charge in [-0.3, -0.25) is 0 Å². The van der Waals surface area contributed by atoms with Crippen LogP contribution in [0.15, 0.2) is 0 Å². The highest BCUT2D eigenvalue weighted by Crippen LogP contribution is 2.17. The van der Waals surface area contributed by atoms with Crippen LogP contribution >= 0.6 is 0 Å². The van der Waals surface area contributed by atoms with E-state index in [2.05, 4.69) is 17.1 Å². The molecule has 2 saturated heterocycles. The fourth-order valence-electron chi connectivity index (χ4n) is 2.64. The Morgan fingerprint density at radius 3 is 2.47 bits per heavy atom. The third kappa shape index (κ3) is 4.07. The van der Waals surface area contributed by atoms with E-state index in [0.29, 0.717) is 13.0 Å². The molecule has 0 radical (unpaired) electrons. The molecule has 2 fully saturated rings. The number of hydrogen-bond acceptors (Lipinski definition) is 4. The molecule has 2 aliphatic heterocycles. The fourth-order valence-corrected chi connectivity index (χ4v) is 4.51. The number of nitrogens with zero attached hydrogens (tertiary/aromatic N) is 2. The second kappa shape index (κ2) is 6.09. The van der Waals surface area contributed by atoms with Crippen LogP contribution in [-0.4, -0.2) is 75.0 Å². The van der Waals surface area contributed by atoms with Gasteiger partial charge in [0, 0.05) is 32.7 Å².